The number of benzene rings is 3. The summed E-state index contributed by atoms with van der Waals surface area (Å²) in [5, 5.41) is 2.75. The Morgan fingerprint density at radius 3 is 2.47 bits per heavy atom. The molecular weight excluding hydrogens is 452 g/mol. The molecule has 0 saturated carbocycles. The zero-order chi connectivity index (χ0) is 24.0. The minimum Gasteiger partial charge on any atom is -0.483 e. The molecule has 3 aromatic carbocycles. The van der Waals surface area contributed by atoms with E-state index in [1.54, 1.807) is 19.1 Å². The third-order valence-corrected chi connectivity index (χ3v) is 7.67. The largest absolute Gasteiger partial charge is 0.483 e. The molecule has 1 aliphatic heterocycles. The maximum atomic E-state index is 13.1. The van der Waals surface area contributed by atoms with Gasteiger partial charge in [-0.2, -0.15) is 4.31 Å². The van der Waals surface area contributed by atoms with Gasteiger partial charge in [-0.25, -0.2) is 8.42 Å². The molecule has 1 fully saturated rings. The number of rotatable bonds is 8. The molecule has 1 heterocycles. The number of para-hydroxylation sites is 1. The number of nitrogens with zero attached hydrogens (tertiary/aromatic N) is 1. The lowest BCUT2D eigenvalue weighted by Gasteiger charge is -2.26. The normalized spacial score (nSPS) is 14.5. The summed E-state index contributed by atoms with van der Waals surface area (Å²) < 4.78 is 38.6. The highest BCUT2D eigenvalue weighted by atomic mass is 32.2. The van der Waals surface area contributed by atoms with Gasteiger partial charge in [-0.1, -0.05) is 54.6 Å². The quantitative estimate of drug-likeness (QED) is 0.532. The van der Waals surface area contributed by atoms with Gasteiger partial charge in [0.25, 0.3) is 5.91 Å². The summed E-state index contributed by atoms with van der Waals surface area (Å²) in [5.74, 6) is 0.272. The number of morpholine rings is 1. The molecule has 8 heteroatoms. The van der Waals surface area contributed by atoms with E-state index in [9.17, 15) is 13.2 Å². The minimum absolute atomic E-state index is 0.182. The van der Waals surface area contributed by atoms with Crippen molar-refractivity contribution in [3.05, 3.63) is 89.5 Å². The van der Waals surface area contributed by atoms with Gasteiger partial charge < -0.3 is 14.8 Å². The molecule has 0 aromatic heterocycles. The van der Waals surface area contributed by atoms with Crippen LogP contribution >= 0.6 is 0 Å². The number of ether oxygens (including phenoxy) is 2. The molecule has 1 amide bonds. The van der Waals surface area contributed by atoms with E-state index in [2.05, 4.69) is 5.32 Å². The van der Waals surface area contributed by atoms with Crippen LogP contribution in [0, 0.1) is 6.92 Å². The summed E-state index contributed by atoms with van der Waals surface area (Å²) in [6, 6.07) is 22.5. The zero-order valence-electron chi connectivity index (χ0n) is 19.1. The van der Waals surface area contributed by atoms with Crippen molar-refractivity contribution in [3.8, 4) is 5.75 Å². The Morgan fingerprint density at radius 1 is 1.00 bits per heavy atom. The fraction of sp³-hybridized carbons (Fsp3) is 0.269. The molecule has 0 spiro atoms. The van der Waals surface area contributed by atoms with Crippen LogP contribution in [0.3, 0.4) is 0 Å². The second kappa shape index (κ2) is 10.8. The third-order valence-electron chi connectivity index (χ3n) is 5.63. The van der Waals surface area contributed by atoms with Crippen molar-refractivity contribution < 1.29 is 22.7 Å². The van der Waals surface area contributed by atoms with Crippen molar-refractivity contribution in [1.29, 1.82) is 0 Å². The number of nitrogens with one attached hydrogen (secondary N) is 1. The van der Waals surface area contributed by atoms with Gasteiger partial charge in [0.1, 0.15) is 5.75 Å². The zero-order valence-corrected chi connectivity index (χ0v) is 19.9. The molecular formula is C26H28N2O5S. The number of aryl methyl sites for hydroxylation is 1. The standard InChI is InChI=1S/C26H28N2O5S/c1-20-11-12-23(18-25(20)34(30,31)28-13-15-32-16-14-28)27-26(29)19-33-24-10-6-5-9-22(24)17-21-7-3-2-4-8-21/h2-12,18H,13-17,19H2,1H3,(H,27,29). The van der Waals surface area contributed by atoms with Crippen molar-refractivity contribution in [1.82, 2.24) is 4.31 Å². The van der Waals surface area contributed by atoms with Crippen LogP contribution in [-0.4, -0.2) is 51.5 Å². The Morgan fingerprint density at radius 2 is 1.71 bits per heavy atom. The van der Waals surface area contributed by atoms with Crippen LogP contribution in [0.5, 0.6) is 5.75 Å². The lowest BCUT2D eigenvalue weighted by atomic mass is 10.0. The Balaban J connectivity index is 1.42. The molecule has 0 radical (unpaired) electrons. The van der Waals surface area contributed by atoms with Crippen molar-refractivity contribution >= 4 is 21.6 Å². The molecule has 4 rings (SSSR count). The van der Waals surface area contributed by atoms with Crippen LogP contribution in [-0.2, 0) is 26.0 Å². The summed E-state index contributed by atoms with van der Waals surface area (Å²) in [6.45, 7) is 2.93. The molecule has 0 aliphatic carbocycles. The first kappa shape index (κ1) is 23.9. The Bertz CT molecular complexity index is 1240. The highest BCUT2D eigenvalue weighted by molar-refractivity contribution is 7.89. The first-order valence-corrected chi connectivity index (χ1v) is 12.6. The van der Waals surface area contributed by atoms with Gasteiger partial charge in [0.2, 0.25) is 10.0 Å². The SMILES string of the molecule is Cc1ccc(NC(=O)COc2ccccc2Cc2ccccc2)cc1S(=O)(=O)N1CCOCC1. The first-order chi connectivity index (χ1) is 16.4. The molecule has 0 bridgehead atoms. The number of carbonyl (C=O) groups is 1. The number of amides is 1. The fourth-order valence-corrected chi connectivity index (χ4v) is 5.49. The molecule has 7 nitrogen and oxygen atoms in total. The summed E-state index contributed by atoms with van der Waals surface area (Å²) in [6.07, 6.45) is 0.694. The summed E-state index contributed by atoms with van der Waals surface area (Å²) in [7, 11) is -3.67. The van der Waals surface area contributed by atoms with Gasteiger partial charge in [-0.3, -0.25) is 4.79 Å². The van der Waals surface area contributed by atoms with Crippen LogP contribution in [0.4, 0.5) is 5.69 Å². The van der Waals surface area contributed by atoms with E-state index in [1.807, 2.05) is 54.6 Å². The molecule has 1 N–H and O–H groups in total. The average molecular weight is 481 g/mol. The second-order valence-corrected chi connectivity index (χ2v) is 10.0. The molecule has 1 saturated heterocycles. The van der Waals surface area contributed by atoms with Crippen molar-refractivity contribution in [2.45, 2.75) is 18.2 Å². The molecule has 0 unspecified atom stereocenters. The van der Waals surface area contributed by atoms with E-state index in [-0.39, 0.29) is 17.4 Å². The third kappa shape index (κ3) is 5.83. The summed E-state index contributed by atoms with van der Waals surface area (Å²) in [4.78, 5) is 12.8. The lowest BCUT2D eigenvalue weighted by molar-refractivity contribution is -0.118. The van der Waals surface area contributed by atoms with Crippen LogP contribution in [0.2, 0.25) is 0 Å². The van der Waals surface area contributed by atoms with E-state index >= 15 is 0 Å². The van der Waals surface area contributed by atoms with Crippen molar-refractivity contribution in [2.75, 3.05) is 38.2 Å². The van der Waals surface area contributed by atoms with Crippen molar-refractivity contribution in [3.63, 3.8) is 0 Å². The van der Waals surface area contributed by atoms with Gasteiger partial charge in [0, 0.05) is 25.2 Å². The monoisotopic (exact) mass is 480 g/mol. The first-order valence-electron chi connectivity index (χ1n) is 11.2. The maximum absolute atomic E-state index is 13.1. The minimum atomic E-state index is -3.67. The molecule has 0 atom stereocenters. The van der Waals surface area contributed by atoms with Crippen LogP contribution < -0.4 is 10.1 Å². The van der Waals surface area contributed by atoms with Crippen LogP contribution in [0.15, 0.2) is 77.7 Å². The number of sulfonamides is 1. The predicted molar refractivity (Wildman–Crippen MR) is 131 cm³/mol. The maximum Gasteiger partial charge on any atom is 0.262 e. The highest BCUT2D eigenvalue weighted by Crippen LogP contribution is 2.25. The molecule has 178 valence electrons. The van der Waals surface area contributed by atoms with Gasteiger partial charge in [0.15, 0.2) is 6.61 Å². The van der Waals surface area contributed by atoms with Gasteiger partial charge >= 0.3 is 0 Å². The Hall–Kier alpha value is -3.20. The van der Waals surface area contributed by atoms with E-state index in [0.717, 1.165) is 11.1 Å². The molecule has 3 aromatic rings. The number of carbonyl (C=O) groups excluding carboxylic acids is 1. The Kier molecular flexibility index (Phi) is 7.62. The Labute approximate surface area is 200 Å². The van der Waals surface area contributed by atoms with Gasteiger partial charge in [0.05, 0.1) is 18.1 Å². The van der Waals surface area contributed by atoms with E-state index in [1.165, 1.54) is 10.4 Å². The number of hydrogen-bond acceptors (Lipinski definition) is 5. The highest BCUT2D eigenvalue weighted by Gasteiger charge is 2.28. The van der Waals surface area contributed by atoms with E-state index < -0.39 is 10.0 Å². The lowest BCUT2D eigenvalue weighted by Crippen LogP contribution is -2.40. The summed E-state index contributed by atoms with van der Waals surface area (Å²) >= 11 is 0. The van der Waals surface area contributed by atoms with Crippen molar-refractivity contribution in [2.24, 2.45) is 0 Å². The summed E-state index contributed by atoms with van der Waals surface area (Å²) in [5.41, 5.74) is 3.16. The van der Waals surface area contributed by atoms with Crippen LogP contribution in [0.25, 0.3) is 0 Å². The molecule has 34 heavy (non-hydrogen) atoms. The van der Waals surface area contributed by atoms with Gasteiger partial charge in [-0.05, 0) is 41.8 Å². The predicted octanol–water partition coefficient (Wildman–Crippen LogP) is 3.62. The fourth-order valence-electron chi connectivity index (χ4n) is 3.83. The number of anilines is 1. The smallest absolute Gasteiger partial charge is 0.262 e. The van der Waals surface area contributed by atoms with E-state index in [0.29, 0.717) is 49.7 Å². The number of hydrogen-bond donors (Lipinski definition) is 1. The second-order valence-electron chi connectivity index (χ2n) is 8.10. The van der Waals surface area contributed by atoms with E-state index in [4.69, 9.17) is 9.47 Å². The molecule has 1 aliphatic rings. The van der Waals surface area contributed by atoms with Gasteiger partial charge in [-0.15, -0.1) is 0 Å². The average Bonchev–Trinajstić information content (AvgIpc) is 2.86. The topological polar surface area (TPSA) is 84.9 Å². The van der Waals surface area contributed by atoms with Crippen LogP contribution in [0.1, 0.15) is 16.7 Å².